The molecule has 3 rings (SSSR count). The molecular formula is C20H22ClN3O7S. The standard InChI is InChI=1S/C20H22ClN3O7S/c1-28-16-7-12(8-17(29-2)19(16)30-3)10-22-23-20(25)18-11-24(32(4,26)27)14-9-13(21)5-6-15(14)31-18/h5-10,18H,11H2,1-4H3,(H,23,25). The van der Waals surface area contributed by atoms with Gasteiger partial charge in [-0.3, -0.25) is 9.10 Å². The first-order chi connectivity index (χ1) is 15.2. The Morgan fingerprint density at radius 2 is 1.84 bits per heavy atom. The van der Waals surface area contributed by atoms with E-state index in [1.165, 1.54) is 39.7 Å². The van der Waals surface area contributed by atoms with Crippen molar-refractivity contribution in [3.05, 3.63) is 40.9 Å². The molecule has 0 bridgehead atoms. The number of hydrogen-bond acceptors (Lipinski definition) is 8. The first kappa shape index (κ1) is 23.5. The maximum atomic E-state index is 12.6. The molecule has 32 heavy (non-hydrogen) atoms. The number of halogens is 1. The van der Waals surface area contributed by atoms with Crippen LogP contribution in [0.1, 0.15) is 5.56 Å². The molecule has 2 aromatic rings. The first-order valence-corrected chi connectivity index (χ1v) is 11.5. The summed E-state index contributed by atoms with van der Waals surface area (Å²) < 4.78 is 47.0. The largest absolute Gasteiger partial charge is 0.493 e. The van der Waals surface area contributed by atoms with Gasteiger partial charge in [-0.1, -0.05) is 11.6 Å². The number of methoxy groups -OCH3 is 3. The van der Waals surface area contributed by atoms with Gasteiger partial charge in [-0.15, -0.1) is 0 Å². The fraction of sp³-hybridized carbons (Fsp3) is 0.300. The van der Waals surface area contributed by atoms with Gasteiger partial charge in [0.1, 0.15) is 5.75 Å². The molecule has 1 amide bonds. The number of nitrogens with zero attached hydrogens (tertiary/aromatic N) is 2. The van der Waals surface area contributed by atoms with Crippen molar-refractivity contribution >= 4 is 39.4 Å². The highest BCUT2D eigenvalue weighted by Crippen LogP contribution is 2.38. The molecule has 1 unspecified atom stereocenters. The number of carbonyl (C=O) groups excluding carboxylic acids is 1. The van der Waals surface area contributed by atoms with Crippen molar-refractivity contribution in [2.24, 2.45) is 5.10 Å². The van der Waals surface area contributed by atoms with E-state index in [1.807, 2.05) is 0 Å². The van der Waals surface area contributed by atoms with Gasteiger partial charge < -0.3 is 18.9 Å². The summed E-state index contributed by atoms with van der Waals surface area (Å²) in [6, 6.07) is 7.83. The third-order valence-electron chi connectivity index (χ3n) is 4.56. The molecule has 0 fully saturated rings. The number of fused-ring (bicyclic) bond motifs is 1. The maximum absolute atomic E-state index is 12.6. The molecule has 172 valence electrons. The highest BCUT2D eigenvalue weighted by atomic mass is 35.5. The smallest absolute Gasteiger partial charge is 0.283 e. The Morgan fingerprint density at radius 1 is 1.19 bits per heavy atom. The van der Waals surface area contributed by atoms with Crippen molar-refractivity contribution in [1.29, 1.82) is 0 Å². The summed E-state index contributed by atoms with van der Waals surface area (Å²) in [6.07, 6.45) is 1.31. The van der Waals surface area contributed by atoms with Gasteiger partial charge in [0.05, 0.1) is 46.0 Å². The molecule has 1 aliphatic heterocycles. The molecule has 0 aromatic heterocycles. The van der Waals surface area contributed by atoms with E-state index in [0.717, 1.165) is 10.6 Å². The van der Waals surface area contributed by atoms with Gasteiger partial charge in [-0.05, 0) is 30.3 Å². The second kappa shape index (κ2) is 9.53. The van der Waals surface area contributed by atoms with Crippen molar-refractivity contribution < 1.29 is 32.2 Å². The molecule has 0 radical (unpaired) electrons. The molecule has 12 heteroatoms. The zero-order valence-electron chi connectivity index (χ0n) is 17.8. The average molecular weight is 484 g/mol. The van der Waals surface area contributed by atoms with Crippen molar-refractivity contribution in [1.82, 2.24) is 5.43 Å². The molecular weight excluding hydrogens is 462 g/mol. The van der Waals surface area contributed by atoms with E-state index in [-0.39, 0.29) is 18.0 Å². The Hall–Kier alpha value is -3.18. The van der Waals surface area contributed by atoms with Gasteiger partial charge in [0.15, 0.2) is 17.6 Å². The van der Waals surface area contributed by atoms with Gasteiger partial charge >= 0.3 is 0 Å². The average Bonchev–Trinajstić information content (AvgIpc) is 2.76. The zero-order valence-corrected chi connectivity index (χ0v) is 19.4. The Morgan fingerprint density at radius 3 is 2.41 bits per heavy atom. The highest BCUT2D eigenvalue weighted by molar-refractivity contribution is 7.92. The summed E-state index contributed by atoms with van der Waals surface area (Å²) in [5.41, 5.74) is 3.20. The van der Waals surface area contributed by atoms with Gasteiger partial charge in [0.25, 0.3) is 5.91 Å². The van der Waals surface area contributed by atoms with Gasteiger partial charge in [-0.2, -0.15) is 5.10 Å². The van der Waals surface area contributed by atoms with Crippen LogP contribution in [0.4, 0.5) is 5.69 Å². The number of anilines is 1. The van der Waals surface area contributed by atoms with E-state index in [9.17, 15) is 13.2 Å². The summed E-state index contributed by atoms with van der Waals surface area (Å²) in [7, 11) is 0.789. The van der Waals surface area contributed by atoms with Gasteiger partial charge in [-0.25, -0.2) is 13.8 Å². The monoisotopic (exact) mass is 483 g/mol. The maximum Gasteiger partial charge on any atom is 0.283 e. The molecule has 1 aliphatic rings. The number of carbonyl (C=O) groups is 1. The summed E-state index contributed by atoms with van der Waals surface area (Å²) in [6.45, 7) is -0.224. The summed E-state index contributed by atoms with van der Waals surface area (Å²) in [5.74, 6) is 0.873. The van der Waals surface area contributed by atoms with E-state index in [2.05, 4.69) is 10.5 Å². The predicted octanol–water partition coefficient (Wildman–Crippen LogP) is 2.04. The number of ether oxygens (including phenoxy) is 4. The lowest BCUT2D eigenvalue weighted by molar-refractivity contribution is -0.127. The van der Waals surface area contributed by atoms with Crippen LogP contribution >= 0.6 is 11.6 Å². The third-order valence-corrected chi connectivity index (χ3v) is 5.94. The Labute approximate surface area is 190 Å². The minimum atomic E-state index is -3.67. The van der Waals surface area contributed by atoms with Crippen LogP contribution in [0, 0.1) is 0 Å². The number of hydrogen-bond donors (Lipinski definition) is 1. The molecule has 0 saturated carbocycles. The lowest BCUT2D eigenvalue weighted by atomic mass is 10.2. The van der Waals surface area contributed by atoms with Crippen LogP contribution in [-0.4, -0.2) is 60.8 Å². The molecule has 2 aromatic carbocycles. The zero-order chi connectivity index (χ0) is 23.5. The van der Waals surface area contributed by atoms with Crippen LogP contribution < -0.4 is 28.7 Å². The number of nitrogens with one attached hydrogen (secondary N) is 1. The number of hydrazone groups is 1. The fourth-order valence-electron chi connectivity index (χ4n) is 3.09. The molecule has 1 N–H and O–H groups in total. The Balaban J connectivity index is 1.78. The quantitative estimate of drug-likeness (QED) is 0.473. The number of amides is 1. The van der Waals surface area contributed by atoms with E-state index in [4.69, 9.17) is 30.5 Å². The van der Waals surface area contributed by atoms with Crippen LogP contribution in [0.15, 0.2) is 35.4 Å². The molecule has 0 spiro atoms. The highest BCUT2D eigenvalue weighted by Gasteiger charge is 2.35. The summed E-state index contributed by atoms with van der Waals surface area (Å²) in [4.78, 5) is 12.6. The lowest BCUT2D eigenvalue weighted by Gasteiger charge is -2.33. The van der Waals surface area contributed by atoms with Crippen molar-refractivity contribution in [2.75, 3.05) is 38.4 Å². The predicted molar refractivity (Wildman–Crippen MR) is 120 cm³/mol. The second-order valence-electron chi connectivity index (χ2n) is 6.71. The topological polar surface area (TPSA) is 116 Å². The van der Waals surface area contributed by atoms with Crippen molar-refractivity contribution in [3.8, 4) is 23.0 Å². The Bertz CT molecular complexity index is 1130. The Kier molecular flexibility index (Phi) is 6.99. The van der Waals surface area contributed by atoms with Crippen LogP contribution in [0.25, 0.3) is 0 Å². The normalized spacial score (nSPS) is 15.7. The van der Waals surface area contributed by atoms with E-state index >= 15 is 0 Å². The second-order valence-corrected chi connectivity index (χ2v) is 9.05. The van der Waals surface area contributed by atoms with E-state index in [0.29, 0.717) is 27.8 Å². The molecule has 0 saturated heterocycles. The number of rotatable bonds is 7. The fourth-order valence-corrected chi connectivity index (χ4v) is 4.17. The van der Waals surface area contributed by atoms with E-state index in [1.54, 1.807) is 18.2 Å². The number of benzene rings is 2. The van der Waals surface area contributed by atoms with E-state index < -0.39 is 22.0 Å². The molecule has 1 heterocycles. The van der Waals surface area contributed by atoms with Crippen LogP contribution in [-0.2, 0) is 14.8 Å². The number of sulfonamides is 1. The minimum absolute atomic E-state index is 0.222. The molecule has 1 atom stereocenters. The summed E-state index contributed by atoms with van der Waals surface area (Å²) >= 11 is 5.98. The van der Waals surface area contributed by atoms with Crippen LogP contribution in [0.2, 0.25) is 5.02 Å². The molecule has 0 aliphatic carbocycles. The van der Waals surface area contributed by atoms with Crippen molar-refractivity contribution in [3.63, 3.8) is 0 Å². The SMILES string of the molecule is COc1cc(C=NNC(=O)C2CN(S(C)(=O)=O)c3cc(Cl)ccc3O2)cc(OC)c1OC. The van der Waals surface area contributed by atoms with Gasteiger partial charge in [0, 0.05) is 10.6 Å². The first-order valence-electron chi connectivity index (χ1n) is 9.24. The van der Waals surface area contributed by atoms with Crippen molar-refractivity contribution in [2.45, 2.75) is 6.10 Å². The third kappa shape index (κ3) is 5.00. The van der Waals surface area contributed by atoms with Crippen LogP contribution in [0.5, 0.6) is 23.0 Å². The van der Waals surface area contributed by atoms with Crippen LogP contribution in [0.3, 0.4) is 0 Å². The lowest BCUT2D eigenvalue weighted by Crippen LogP contribution is -2.49. The molecule has 10 nitrogen and oxygen atoms in total. The minimum Gasteiger partial charge on any atom is -0.493 e. The summed E-state index contributed by atoms with van der Waals surface area (Å²) in [5, 5.41) is 4.28. The van der Waals surface area contributed by atoms with Gasteiger partial charge in [0.2, 0.25) is 15.8 Å².